The zero-order valence-electron chi connectivity index (χ0n) is 19.9. The van der Waals surface area contributed by atoms with Gasteiger partial charge in [-0.25, -0.2) is 5.01 Å². The lowest BCUT2D eigenvalue weighted by atomic mass is 9.97. The minimum Gasteiger partial charge on any atom is -0.463 e. The molecule has 0 amide bonds. The topological polar surface area (TPSA) is 145 Å². The highest BCUT2D eigenvalue weighted by Crippen LogP contribution is 2.28. The normalized spacial score (nSPS) is 27.7. The van der Waals surface area contributed by atoms with Gasteiger partial charge < -0.3 is 33.9 Å². The summed E-state index contributed by atoms with van der Waals surface area (Å²) in [6, 6.07) is 0. The third-order valence-corrected chi connectivity index (χ3v) is 5.24. The second-order valence-electron chi connectivity index (χ2n) is 8.00. The maximum atomic E-state index is 11.9. The first kappa shape index (κ1) is 27.7. The zero-order chi connectivity index (χ0) is 25.4. The predicted octanol–water partition coefficient (Wildman–Crippen LogP) is -1.30. The monoisotopic (exact) mass is 504 g/mol. The van der Waals surface area contributed by atoms with Crippen LogP contribution in [-0.4, -0.2) is 109 Å². The number of carbonyl (C=O) groups excluding carboxylic acids is 4. The van der Waals surface area contributed by atoms with E-state index in [-0.39, 0.29) is 11.7 Å². The molecule has 0 saturated carbocycles. The van der Waals surface area contributed by atoms with Crippen molar-refractivity contribution in [3.05, 3.63) is 0 Å². The Kier molecular flexibility index (Phi) is 10.4. The van der Waals surface area contributed by atoms with Gasteiger partial charge in [0.05, 0.1) is 0 Å². The fourth-order valence-corrected chi connectivity index (χ4v) is 3.81. The van der Waals surface area contributed by atoms with E-state index in [0.717, 1.165) is 40.0 Å². The Bertz CT molecular complexity index is 775. The molecule has 0 aromatic carbocycles. The van der Waals surface area contributed by atoms with E-state index in [2.05, 4.69) is 15.6 Å². The van der Waals surface area contributed by atoms with E-state index >= 15 is 0 Å². The number of nitrogens with zero attached hydrogens (tertiary/aromatic N) is 2. The average molecular weight is 505 g/mol. The highest BCUT2D eigenvalue weighted by atomic mass is 32.1. The maximum absolute atomic E-state index is 11.9. The summed E-state index contributed by atoms with van der Waals surface area (Å²) in [5, 5.41) is 5.01. The molecule has 0 radical (unpaired) electrons. The maximum Gasteiger partial charge on any atom is 0.303 e. The highest BCUT2D eigenvalue weighted by molar-refractivity contribution is 7.80. The summed E-state index contributed by atoms with van der Waals surface area (Å²) in [6.45, 7) is 7.52. The Labute approximate surface area is 203 Å². The number of piperazine rings is 1. The third-order valence-electron chi connectivity index (χ3n) is 5.03. The number of carbonyl (C=O) groups is 4. The molecule has 14 heteroatoms. The number of nitrogens with one attached hydrogen (secondary N) is 2. The van der Waals surface area contributed by atoms with Gasteiger partial charge in [-0.15, -0.1) is 0 Å². The van der Waals surface area contributed by atoms with Crippen LogP contribution in [-0.2, 0) is 42.9 Å². The van der Waals surface area contributed by atoms with Gasteiger partial charge in [0.2, 0.25) is 0 Å². The molecule has 2 aliphatic heterocycles. The van der Waals surface area contributed by atoms with E-state index in [1.54, 1.807) is 0 Å². The van der Waals surface area contributed by atoms with E-state index < -0.39 is 54.5 Å². The molecule has 2 fully saturated rings. The number of ether oxygens (including phenoxy) is 5. The van der Waals surface area contributed by atoms with Crippen LogP contribution in [0.4, 0.5) is 0 Å². The molecule has 2 heterocycles. The van der Waals surface area contributed by atoms with Crippen molar-refractivity contribution in [1.82, 2.24) is 20.7 Å². The summed E-state index contributed by atoms with van der Waals surface area (Å²) < 4.78 is 27.1. The lowest BCUT2D eigenvalue weighted by Crippen LogP contribution is -2.67. The molecule has 5 atom stereocenters. The molecular formula is C20H32N4O9S. The minimum absolute atomic E-state index is 0.172. The van der Waals surface area contributed by atoms with Crippen molar-refractivity contribution in [3.63, 3.8) is 0 Å². The van der Waals surface area contributed by atoms with E-state index in [9.17, 15) is 19.2 Å². The van der Waals surface area contributed by atoms with Crippen LogP contribution in [0.5, 0.6) is 0 Å². The number of thiocarbonyl (C=S) groups is 1. The van der Waals surface area contributed by atoms with Crippen LogP contribution in [0.3, 0.4) is 0 Å². The molecule has 2 aliphatic rings. The van der Waals surface area contributed by atoms with Crippen molar-refractivity contribution >= 4 is 41.2 Å². The number of hydrogen-bond acceptors (Lipinski definition) is 12. The summed E-state index contributed by atoms with van der Waals surface area (Å²) in [5.74, 6) is -2.67. The van der Waals surface area contributed by atoms with Gasteiger partial charge in [-0.05, 0) is 19.3 Å². The molecule has 34 heavy (non-hydrogen) atoms. The van der Waals surface area contributed by atoms with Crippen LogP contribution in [0.15, 0.2) is 0 Å². The minimum atomic E-state index is -1.26. The number of likely N-dealkylation sites (N-methyl/N-ethyl adjacent to an activating group) is 1. The smallest absolute Gasteiger partial charge is 0.303 e. The fraction of sp³-hybridized carbons (Fsp3) is 0.750. The Morgan fingerprint density at radius 3 is 1.91 bits per heavy atom. The summed E-state index contributed by atoms with van der Waals surface area (Å²) >= 11 is 5.41. The molecule has 0 bridgehead atoms. The second-order valence-corrected chi connectivity index (χ2v) is 8.40. The number of hydrogen-bond donors (Lipinski definition) is 2. The molecule has 2 N–H and O–H groups in total. The molecule has 0 spiro atoms. The van der Waals surface area contributed by atoms with E-state index in [0.29, 0.717) is 0 Å². The van der Waals surface area contributed by atoms with Crippen LogP contribution in [0, 0.1) is 0 Å². The van der Waals surface area contributed by atoms with Crippen LogP contribution >= 0.6 is 12.2 Å². The molecule has 5 unspecified atom stereocenters. The highest BCUT2D eigenvalue weighted by Gasteiger charge is 2.52. The Balaban J connectivity index is 2.27. The lowest BCUT2D eigenvalue weighted by molar-refractivity contribution is -0.255. The molecule has 192 valence electrons. The second kappa shape index (κ2) is 12.8. The van der Waals surface area contributed by atoms with Gasteiger partial charge in [0.15, 0.2) is 29.7 Å². The molecule has 0 aliphatic carbocycles. The van der Waals surface area contributed by atoms with Gasteiger partial charge in [-0.3, -0.25) is 24.6 Å². The van der Waals surface area contributed by atoms with Crippen LogP contribution in [0.1, 0.15) is 27.7 Å². The van der Waals surface area contributed by atoms with E-state index in [1.165, 1.54) is 13.8 Å². The first-order chi connectivity index (χ1) is 16.0. The first-order valence-electron chi connectivity index (χ1n) is 10.8. The van der Waals surface area contributed by atoms with E-state index in [1.807, 2.05) is 12.1 Å². The van der Waals surface area contributed by atoms with Crippen molar-refractivity contribution in [2.45, 2.75) is 58.3 Å². The standard InChI is InChI=1S/C20H32N4O9S/c1-11(25)29-10-15-16(30-12(2)26)17(31-13(3)27)18(32-14(4)28)19(33-15)21-20(34)22-24-8-6-23(5)7-9-24/h15-19H,6-10H2,1-5H3,(H2,21,22,34). The van der Waals surface area contributed by atoms with Crippen molar-refractivity contribution in [3.8, 4) is 0 Å². The largest absolute Gasteiger partial charge is 0.463 e. The molecule has 13 nitrogen and oxygen atoms in total. The molecule has 2 saturated heterocycles. The fourth-order valence-electron chi connectivity index (χ4n) is 3.57. The number of esters is 4. The van der Waals surface area contributed by atoms with Crippen molar-refractivity contribution in [2.75, 3.05) is 39.8 Å². The van der Waals surface area contributed by atoms with Gasteiger partial charge >= 0.3 is 23.9 Å². The predicted molar refractivity (Wildman–Crippen MR) is 120 cm³/mol. The zero-order valence-corrected chi connectivity index (χ0v) is 20.7. The number of rotatable bonds is 7. The summed E-state index contributed by atoms with van der Waals surface area (Å²) in [7, 11) is 2.02. The van der Waals surface area contributed by atoms with Crippen molar-refractivity contribution < 1.29 is 42.9 Å². The quantitative estimate of drug-likeness (QED) is 0.240. The Morgan fingerprint density at radius 2 is 1.38 bits per heavy atom. The van der Waals surface area contributed by atoms with E-state index in [4.69, 9.17) is 35.9 Å². The Morgan fingerprint density at radius 1 is 0.853 bits per heavy atom. The summed E-state index contributed by atoms with van der Waals surface area (Å²) in [6.07, 6.45) is -5.88. The third kappa shape index (κ3) is 8.66. The molecule has 2 rings (SSSR count). The molecular weight excluding hydrogens is 472 g/mol. The van der Waals surface area contributed by atoms with Crippen molar-refractivity contribution in [2.24, 2.45) is 0 Å². The van der Waals surface area contributed by atoms with Gasteiger partial charge in [-0.1, -0.05) is 0 Å². The van der Waals surface area contributed by atoms with Gasteiger partial charge in [-0.2, -0.15) is 0 Å². The van der Waals surface area contributed by atoms with Crippen LogP contribution < -0.4 is 10.7 Å². The van der Waals surface area contributed by atoms with Gasteiger partial charge in [0.25, 0.3) is 0 Å². The molecule has 0 aromatic rings. The number of hydrazine groups is 1. The average Bonchev–Trinajstić information content (AvgIpc) is 2.71. The van der Waals surface area contributed by atoms with Crippen LogP contribution in [0.25, 0.3) is 0 Å². The lowest BCUT2D eigenvalue weighted by Gasteiger charge is -2.45. The molecule has 0 aromatic heterocycles. The van der Waals surface area contributed by atoms with Gasteiger partial charge in [0.1, 0.15) is 12.7 Å². The Hall–Kier alpha value is -2.55. The van der Waals surface area contributed by atoms with Gasteiger partial charge in [0, 0.05) is 53.9 Å². The first-order valence-corrected chi connectivity index (χ1v) is 11.2. The van der Waals surface area contributed by atoms with Crippen molar-refractivity contribution in [1.29, 1.82) is 0 Å². The van der Waals surface area contributed by atoms with Crippen LogP contribution in [0.2, 0.25) is 0 Å². The SMILES string of the molecule is CC(=O)OCC1OC(NC(=S)NN2CCN(C)CC2)C(OC(C)=O)C(OC(C)=O)C1OC(C)=O. The summed E-state index contributed by atoms with van der Waals surface area (Å²) in [5.41, 5.74) is 3.05. The summed E-state index contributed by atoms with van der Waals surface area (Å²) in [4.78, 5) is 49.1.